The molecule has 1 N–H and O–H groups in total. The van der Waals surface area contributed by atoms with Crippen LogP contribution in [0.3, 0.4) is 0 Å². The number of carbonyl (C=O) groups is 1. The van der Waals surface area contributed by atoms with Crippen molar-refractivity contribution >= 4 is 17.4 Å². The molecule has 3 nitrogen and oxygen atoms in total. The number of anilines is 1. The number of fused-ring (bicyclic) bond motifs is 1. The molecule has 82 valence electrons. The van der Waals surface area contributed by atoms with Crippen LogP contribution in [0.25, 0.3) is 0 Å². The minimum absolute atomic E-state index is 0.128. The van der Waals surface area contributed by atoms with Crippen LogP contribution >= 0.6 is 0 Å². The van der Waals surface area contributed by atoms with Crippen molar-refractivity contribution in [1.82, 2.24) is 0 Å². The Morgan fingerprint density at radius 1 is 0.824 bits per heavy atom. The lowest BCUT2D eigenvalue weighted by atomic mass is 10.1. The summed E-state index contributed by atoms with van der Waals surface area (Å²) in [6.45, 7) is 0. The SMILES string of the molecule is N=C1c2ccccc2C(=O)N1c1ccccc1. The topological polar surface area (TPSA) is 44.2 Å². The molecule has 0 saturated heterocycles. The largest absolute Gasteiger partial charge is 0.283 e. The van der Waals surface area contributed by atoms with Crippen LogP contribution in [-0.4, -0.2) is 11.7 Å². The van der Waals surface area contributed by atoms with E-state index in [9.17, 15) is 4.79 Å². The summed E-state index contributed by atoms with van der Waals surface area (Å²) in [6.07, 6.45) is 0. The van der Waals surface area contributed by atoms with Crippen molar-refractivity contribution in [3.05, 3.63) is 65.7 Å². The molecular formula is C14H10N2O. The predicted octanol–water partition coefficient (Wildman–Crippen LogP) is 2.67. The van der Waals surface area contributed by atoms with Crippen LogP contribution < -0.4 is 4.90 Å². The van der Waals surface area contributed by atoms with Crippen molar-refractivity contribution < 1.29 is 4.79 Å². The molecule has 3 rings (SSSR count). The summed E-state index contributed by atoms with van der Waals surface area (Å²) < 4.78 is 0. The summed E-state index contributed by atoms with van der Waals surface area (Å²) in [5.41, 5.74) is 2.03. The van der Waals surface area contributed by atoms with E-state index in [-0.39, 0.29) is 11.7 Å². The van der Waals surface area contributed by atoms with Gasteiger partial charge in [0.05, 0.1) is 11.3 Å². The van der Waals surface area contributed by atoms with Gasteiger partial charge in [-0.3, -0.25) is 15.1 Å². The molecule has 17 heavy (non-hydrogen) atoms. The lowest BCUT2D eigenvalue weighted by molar-refractivity contribution is 0.101. The summed E-state index contributed by atoms with van der Waals surface area (Å²) in [4.78, 5) is 13.6. The highest BCUT2D eigenvalue weighted by Crippen LogP contribution is 2.27. The molecule has 3 heteroatoms. The van der Waals surface area contributed by atoms with Crippen LogP contribution in [0.4, 0.5) is 5.69 Å². The van der Waals surface area contributed by atoms with Gasteiger partial charge >= 0.3 is 0 Å². The average molecular weight is 222 g/mol. The number of carbonyl (C=O) groups excluding carboxylic acids is 1. The van der Waals surface area contributed by atoms with Crippen LogP contribution in [-0.2, 0) is 0 Å². The Morgan fingerprint density at radius 3 is 2.06 bits per heavy atom. The Balaban J connectivity index is 2.13. The molecule has 1 aliphatic heterocycles. The van der Waals surface area contributed by atoms with Gasteiger partial charge in [0.2, 0.25) is 0 Å². The molecule has 0 fully saturated rings. The molecular weight excluding hydrogens is 212 g/mol. The van der Waals surface area contributed by atoms with Crippen molar-refractivity contribution in [2.75, 3.05) is 4.90 Å². The molecule has 0 aromatic heterocycles. The van der Waals surface area contributed by atoms with Gasteiger partial charge in [0.1, 0.15) is 5.84 Å². The maximum Gasteiger partial charge on any atom is 0.264 e. The lowest BCUT2D eigenvalue weighted by Gasteiger charge is -2.15. The van der Waals surface area contributed by atoms with E-state index in [0.717, 1.165) is 5.69 Å². The van der Waals surface area contributed by atoms with Crippen LogP contribution in [0.2, 0.25) is 0 Å². The Labute approximate surface area is 98.8 Å². The average Bonchev–Trinajstić information content (AvgIpc) is 2.64. The molecule has 0 bridgehead atoms. The molecule has 2 aromatic rings. The van der Waals surface area contributed by atoms with E-state index in [1.807, 2.05) is 42.5 Å². The number of benzene rings is 2. The van der Waals surface area contributed by atoms with Gasteiger partial charge in [0, 0.05) is 5.56 Å². The van der Waals surface area contributed by atoms with E-state index in [1.54, 1.807) is 12.1 Å². The van der Waals surface area contributed by atoms with Crippen molar-refractivity contribution in [2.24, 2.45) is 0 Å². The normalized spacial score (nSPS) is 14.0. The second-order valence-electron chi connectivity index (χ2n) is 3.87. The molecule has 0 spiro atoms. The highest BCUT2D eigenvalue weighted by atomic mass is 16.2. The number of para-hydroxylation sites is 1. The molecule has 0 atom stereocenters. The van der Waals surface area contributed by atoms with Gasteiger partial charge in [-0.2, -0.15) is 0 Å². The van der Waals surface area contributed by atoms with Crippen molar-refractivity contribution in [3.63, 3.8) is 0 Å². The Bertz CT molecular complexity index is 570. The summed E-state index contributed by atoms with van der Waals surface area (Å²) in [5, 5.41) is 8.06. The number of hydrogen-bond acceptors (Lipinski definition) is 2. The summed E-state index contributed by atoms with van der Waals surface area (Å²) in [7, 11) is 0. The molecule has 1 aliphatic rings. The van der Waals surface area contributed by atoms with E-state index in [2.05, 4.69) is 0 Å². The van der Waals surface area contributed by atoms with Crippen LogP contribution in [0.5, 0.6) is 0 Å². The second-order valence-corrected chi connectivity index (χ2v) is 3.87. The molecule has 0 unspecified atom stereocenters. The number of rotatable bonds is 1. The molecule has 0 radical (unpaired) electrons. The summed E-state index contributed by atoms with van der Waals surface area (Å²) >= 11 is 0. The standard InChI is InChI=1S/C14H10N2O/c15-13-11-8-4-5-9-12(11)14(17)16(13)10-6-2-1-3-7-10/h1-9,15H. The first-order valence-electron chi connectivity index (χ1n) is 5.36. The third kappa shape index (κ3) is 1.36. The first-order valence-corrected chi connectivity index (χ1v) is 5.36. The summed E-state index contributed by atoms with van der Waals surface area (Å²) in [6, 6.07) is 16.5. The zero-order chi connectivity index (χ0) is 11.8. The quantitative estimate of drug-likeness (QED) is 0.792. The molecule has 0 aliphatic carbocycles. The Hall–Kier alpha value is -2.42. The lowest BCUT2D eigenvalue weighted by Crippen LogP contribution is -2.29. The highest BCUT2D eigenvalue weighted by molar-refractivity contribution is 6.35. The number of nitrogens with one attached hydrogen (secondary N) is 1. The third-order valence-electron chi connectivity index (χ3n) is 2.85. The van der Waals surface area contributed by atoms with Gasteiger partial charge in [-0.15, -0.1) is 0 Å². The van der Waals surface area contributed by atoms with Gasteiger partial charge in [-0.25, -0.2) is 0 Å². The Morgan fingerprint density at radius 2 is 1.41 bits per heavy atom. The minimum Gasteiger partial charge on any atom is -0.283 e. The second kappa shape index (κ2) is 3.56. The first kappa shape index (κ1) is 9.78. The van der Waals surface area contributed by atoms with Crippen LogP contribution in [0.1, 0.15) is 15.9 Å². The molecule has 0 saturated carbocycles. The van der Waals surface area contributed by atoms with Crippen molar-refractivity contribution in [1.29, 1.82) is 5.41 Å². The van der Waals surface area contributed by atoms with Gasteiger partial charge in [-0.1, -0.05) is 36.4 Å². The molecule has 2 aromatic carbocycles. The number of amidine groups is 1. The van der Waals surface area contributed by atoms with E-state index in [0.29, 0.717) is 11.1 Å². The maximum absolute atomic E-state index is 12.2. The van der Waals surface area contributed by atoms with Gasteiger partial charge in [0.25, 0.3) is 5.91 Å². The van der Waals surface area contributed by atoms with Crippen molar-refractivity contribution in [2.45, 2.75) is 0 Å². The van der Waals surface area contributed by atoms with Crippen molar-refractivity contribution in [3.8, 4) is 0 Å². The number of hydrogen-bond donors (Lipinski definition) is 1. The van der Waals surface area contributed by atoms with Crippen LogP contribution in [0, 0.1) is 5.41 Å². The predicted molar refractivity (Wildman–Crippen MR) is 66.5 cm³/mol. The van der Waals surface area contributed by atoms with Crippen LogP contribution in [0.15, 0.2) is 54.6 Å². The highest BCUT2D eigenvalue weighted by Gasteiger charge is 2.33. The fourth-order valence-electron chi connectivity index (χ4n) is 2.04. The monoisotopic (exact) mass is 222 g/mol. The van der Waals surface area contributed by atoms with Gasteiger partial charge < -0.3 is 0 Å². The zero-order valence-corrected chi connectivity index (χ0v) is 9.05. The fraction of sp³-hybridized carbons (Fsp3) is 0. The van der Waals surface area contributed by atoms with Gasteiger partial charge in [0.15, 0.2) is 0 Å². The fourth-order valence-corrected chi connectivity index (χ4v) is 2.04. The first-order chi connectivity index (χ1) is 8.29. The maximum atomic E-state index is 12.2. The smallest absolute Gasteiger partial charge is 0.264 e. The molecule has 1 amide bonds. The molecule has 1 heterocycles. The third-order valence-corrected chi connectivity index (χ3v) is 2.85. The van der Waals surface area contributed by atoms with E-state index in [1.165, 1.54) is 4.90 Å². The number of amides is 1. The van der Waals surface area contributed by atoms with E-state index in [4.69, 9.17) is 5.41 Å². The van der Waals surface area contributed by atoms with Gasteiger partial charge in [-0.05, 0) is 18.2 Å². The minimum atomic E-state index is -0.128. The Kier molecular flexibility index (Phi) is 2.05. The number of nitrogens with zero attached hydrogens (tertiary/aromatic N) is 1. The zero-order valence-electron chi connectivity index (χ0n) is 9.05. The summed E-state index contributed by atoms with van der Waals surface area (Å²) in [5.74, 6) is 0.119. The van der Waals surface area contributed by atoms with E-state index >= 15 is 0 Å². The van der Waals surface area contributed by atoms with E-state index < -0.39 is 0 Å².